The summed E-state index contributed by atoms with van der Waals surface area (Å²) in [6.07, 6.45) is 3.87. The first kappa shape index (κ1) is 53.7. The highest BCUT2D eigenvalue weighted by Gasteiger charge is 2.19. The number of benzene rings is 10. The Hall–Kier alpha value is -9.60. The van der Waals surface area contributed by atoms with Crippen LogP contribution in [-0.2, 0) is 25.7 Å². The van der Waals surface area contributed by atoms with Crippen LogP contribution in [0.15, 0.2) is 255 Å². The standard InChI is InChI=1S/C76H62N2O4S2/c1-79-67-37-29-63(30-38-67)77(64-31-39-68(80-2)40-32-64)61-25-21-59(22-26-61)75-47-45-73(83-75)57-17-13-55(14-18-57)71-49-51-5-6-52-8-10-54(12-11-53(71)9-7-51)72(50-52)56-15-19-58(20-16-56)74-46-48-76(84-74)60-23-27-62(28-24-60)78(65-33-41-69(81-3)42-34-65)66-35-43-70(82-4)44-36-66/h7-10,13-50H,5-6,11-12H2,1-4H3. The molecule has 0 saturated heterocycles. The lowest BCUT2D eigenvalue weighted by Gasteiger charge is -2.26. The molecular weight excluding hydrogens is 1070 g/mol. The summed E-state index contributed by atoms with van der Waals surface area (Å²) in [4.78, 5) is 9.47. The zero-order valence-corrected chi connectivity index (χ0v) is 49.1. The van der Waals surface area contributed by atoms with Crippen LogP contribution in [0.1, 0.15) is 22.3 Å². The Morgan fingerprint density at radius 2 is 0.488 bits per heavy atom. The van der Waals surface area contributed by atoms with Crippen molar-refractivity contribution in [1.29, 1.82) is 0 Å². The second-order valence-electron chi connectivity index (χ2n) is 21.0. The molecule has 10 aromatic carbocycles. The van der Waals surface area contributed by atoms with Gasteiger partial charge in [-0.3, -0.25) is 0 Å². The molecule has 4 aliphatic carbocycles. The van der Waals surface area contributed by atoms with Crippen molar-refractivity contribution >= 4 is 56.8 Å². The summed E-state index contributed by atoms with van der Waals surface area (Å²) in [5.74, 6) is 3.29. The summed E-state index contributed by atoms with van der Waals surface area (Å²) in [5.41, 5.74) is 21.8. The number of rotatable bonds is 16. The van der Waals surface area contributed by atoms with E-state index in [1.807, 2.05) is 71.2 Å². The van der Waals surface area contributed by atoms with Crippen LogP contribution in [0.4, 0.5) is 34.1 Å². The number of hydrogen-bond donors (Lipinski definition) is 0. The van der Waals surface area contributed by atoms with Crippen molar-refractivity contribution in [3.63, 3.8) is 0 Å². The molecule has 412 valence electrons. The van der Waals surface area contributed by atoms with E-state index in [0.29, 0.717) is 0 Å². The molecule has 2 heterocycles. The summed E-state index contributed by atoms with van der Waals surface area (Å²) in [6, 6.07) is 92.2. The predicted octanol–water partition coefficient (Wildman–Crippen LogP) is 20.7. The van der Waals surface area contributed by atoms with Gasteiger partial charge in [-0.15, -0.1) is 22.7 Å². The van der Waals surface area contributed by atoms with Crippen molar-refractivity contribution in [3.8, 4) is 87.0 Å². The molecule has 4 bridgehead atoms. The molecule has 0 unspecified atom stereocenters. The van der Waals surface area contributed by atoms with Gasteiger partial charge in [0.15, 0.2) is 0 Å². The van der Waals surface area contributed by atoms with E-state index in [9.17, 15) is 0 Å². The van der Waals surface area contributed by atoms with E-state index >= 15 is 0 Å². The molecule has 0 amide bonds. The molecule has 16 rings (SSSR count). The van der Waals surface area contributed by atoms with Crippen LogP contribution in [0.25, 0.3) is 64.0 Å². The van der Waals surface area contributed by atoms with E-state index in [2.05, 4.69) is 216 Å². The number of aryl methyl sites for hydroxylation is 4. The SMILES string of the molecule is COc1ccc(N(c2ccc(OC)cc2)c2ccc(-c3ccc(-c4ccc(-c5cc6ccc5CCc5ccc(cc5-c5ccc(-c7ccc(-c8ccc(N(c9ccc(OC)cc9)c9ccc(OC)cc9)cc8)s7)cc5)CC6)cc4)s3)cc2)cc1. The molecular formula is C76H62N2O4S2. The topological polar surface area (TPSA) is 43.4 Å². The fourth-order valence-electron chi connectivity index (χ4n) is 11.4. The molecule has 0 atom stereocenters. The largest absolute Gasteiger partial charge is 0.497 e. The normalized spacial score (nSPS) is 11.9. The van der Waals surface area contributed by atoms with E-state index in [-0.39, 0.29) is 0 Å². The van der Waals surface area contributed by atoms with Crippen LogP contribution < -0.4 is 28.7 Å². The minimum Gasteiger partial charge on any atom is -0.497 e. The number of methoxy groups -OCH3 is 4. The second kappa shape index (κ2) is 24.1. The van der Waals surface area contributed by atoms with E-state index in [0.717, 1.165) is 82.8 Å². The Morgan fingerprint density at radius 1 is 0.250 bits per heavy atom. The van der Waals surface area contributed by atoms with E-state index in [1.54, 1.807) is 28.4 Å². The zero-order chi connectivity index (χ0) is 56.9. The van der Waals surface area contributed by atoms with E-state index in [1.165, 1.54) is 86.3 Å². The molecule has 0 radical (unpaired) electrons. The Balaban J connectivity index is 0.692. The zero-order valence-electron chi connectivity index (χ0n) is 47.4. The Morgan fingerprint density at radius 3 is 0.750 bits per heavy atom. The molecule has 0 saturated carbocycles. The minimum atomic E-state index is 0.822. The molecule has 6 nitrogen and oxygen atoms in total. The molecule has 4 aliphatic rings. The van der Waals surface area contributed by atoms with Gasteiger partial charge in [-0.1, -0.05) is 109 Å². The molecule has 0 aliphatic heterocycles. The van der Waals surface area contributed by atoms with Gasteiger partial charge in [0.2, 0.25) is 0 Å². The highest BCUT2D eigenvalue weighted by atomic mass is 32.1. The highest BCUT2D eigenvalue weighted by Crippen LogP contribution is 2.43. The minimum absolute atomic E-state index is 0.822. The van der Waals surface area contributed by atoms with Crippen LogP contribution in [0.5, 0.6) is 23.0 Å². The third kappa shape index (κ3) is 11.3. The number of hydrogen-bond acceptors (Lipinski definition) is 8. The van der Waals surface area contributed by atoms with E-state index in [4.69, 9.17) is 18.9 Å². The van der Waals surface area contributed by atoms with Gasteiger partial charge in [-0.2, -0.15) is 0 Å². The van der Waals surface area contributed by atoms with Crippen LogP contribution in [0.2, 0.25) is 0 Å². The molecule has 0 N–H and O–H groups in total. The monoisotopic (exact) mass is 1130 g/mol. The smallest absolute Gasteiger partial charge is 0.119 e. The van der Waals surface area contributed by atoms with Gasteiger partial charge in [0.25, 0.3) is 0 Å². The van der Waals surface area contributed by atoms with Crippen LogP contribution in [-0.4, -0.2) is 28.4 Å². The number of anilines is 6. The summed E-state index contributed by atoms with van der Waals surface area (Å²) >= 11 is 3.66. The lowest BCUT2D eigenvalue weighted by atomic mass is 9.87. The highest BCUT2D eigenvalue weighted by molar-refractivity contribution is 7.19. The number of thiophene rings is 2. The van der Waals surface area contributed by atoms with Gasteiger partial charge in [0.1, 0.15) is 23.0 Å². The quantitative estimate of drug-likeness (QED) is 0.0961. The van der Waals surface area contributed by atoms with E-state index < -0.39 is 0 Å². The molecule has 2 aromatic heterocycles. The maximum absolute atomic E-state index is 5.47. The lowest BCUT2D eigenvalue weighted by Crippen LogP contribution is -2.09. The Bertz CT molecular complexity index is 3820. The third-order valence-electron chi connectivity index (χ3n) is 16.0. The van der Waals surface area contributed by atoms with Crippen LogP contribution in [0, 0.1) is 0 Å². The maximum Gasteiger partial charge on any atom is 0.119 e. The lowest BCUT2D eigenvalue weighted by molar-refractivity contribution is 0.414. The van der Waals surface area contributed by atoms with Crippen LogP contribution >= 0.6 is 22.7 Å². The summed E-state index contributed by atoms with van der Waals surface area (Å²) in [5, 5.41) is 0. The Kier molecular flexibility index (Phi) is 15.4. The predicted molar refractivity (Wildman–Crippen MR) is 352 cm³/mol. The van der Waals surface area contributed by atoms with Crippen molar-refractivity contribution in [2.45, 2.75) is 25.7 Å². The first-order chi connectivity index (χ1) is 41.4. The molecule has 0 fully saturated rings. The van der Waals surface area contributed by atoms with Gasteiger partial charge in [0.05, 0.1) is 28.4 Å². The average Bonchev–Trinajstić information content (AvgIpc) is 4.40. The van der Waals surface area contributed by atoms with Crippen molar-refractivity contribution in [2.24, 2.45) is 0 Å². The van der Waals surface area contributed by atoms with Gasteiger partial charge in [-0.05, 0) is 238 Å². The van der Waals surface area contributed by atoms with Crippen molar-refractivity contribution in [2.75, 3.05) is 38.2 Å². The van der Waals surface area contributed by atoms with Gasteiger partial charge in [0, 0.05) is 53.6 Å². The first-order valence-corrected chi connectivity index (χ1v) is 30.0. The molecule has 12 aromatic rings. The molecule has 84 heavy (non-hydrogen) atoms. The fourth-order valence-corrected chi connectivity index (χ4v) is 13.4. The molecule has 8 heteroatoms. The molecule has 0 spiro atoms. The average molecular weight is 1130 g/mol. The van der Waals surface area contributed by atoms with Gasteiger partial charge >= 0.3 is 0 Å². The summed E-state index contributed by atoms with van der Waals surface area (Å²) < 4.78 is 21.9. The van der Waals surface area contributed by atoms with Gasteiger partial charge < -0.3 is 28.7 Å². The third-order valence-corrected chi connectivity index (χ3v) is 18.4. The number of nitrogens with zero attached hydrogens (tertiary/aromatic N) is 2. The summed E-state index contributed by atoms with van der Waals surface area (Å²) in [7, 11) is 6.78. The first-order valence-electron chi connectivity index (χ1n) is 28.4. The van der Waals surface area contributed by atoms with Crippen molar-refractivity contribution in [1.82, 2.24) is 0 Å². The maximum atomic E-state index is 5.47. The summed E-state index contributed by atoms with van der Waals surface area (Å²) in [6.45, 7) is 0. The van der Waals surface area contributed by atoms with Crippen molar-refractivity contribution in [3.05, 3.63) is 277 Å². The second-order valence-corrected chi connectivity index (χ2v) is 23.2. The Labute approximate surface area is 500 Å². The van der Waals surface area contributed by atoms with Crippen LogP contribution in [0.3, 0.4) is 0 Å². The van der Waals surface area contributed by atoms with Crippen molar-refractivity contribution < 1.29 is 18.9 Å². The fraction of sp³-hybridized carbons (Fsp3) is 0.105. The number of ether oxygens (including phenoxy) is 4. The van der Waals surface area contributed by atoms with Gasteiger partial charge in [-0.25, -0.2) is 0 Å².